The van der Waals surface area contributed by atoms with E-state index in [0.717, 1.165) is 19.0 Å². The number of nitrogens with zero attached hydrogens (tertiary/aromatic N) is 2. The van der Waals surface area contributed by atoms with Gasteiger partial charge >= 0.3 is 5.97 Å². The number of hydrogen-bond donors (Lipinski definition) is 1. The van der Waals surface area contributed by atoms with Crippen molar-refractivity contribution in [1.29, 1.82) is 0 Å². The Morgan fingerprint density at radius 2 is 2.00 bits per heavy atom. The lowest BCUT2D eigenvalue weighted by atomic mass is 10.0. The molecule has 1 heterocycles. The summed E-state index contributed by atoms with van der Waals surface area (Å²) in [4.78, 5) is 15.3. The Bertz CT molecular complexity index is 264. The van der Waals surface area contributed by atoms with Gasteiger partial charge in [-0.3, -0.25) is 14.6 Å². The van der Waals surface area contributed by atoms with Crippen molar-refractivity contribution in [2.24, 2.45) is 0 Å². The molecule has 1 atom stereocenters. The van der Waals surface area contributed by atoms with Crippen molar-refractivity contribution < 1.29 is 9.90 Å². The van der Waals surface area contributed by atoms with Crippen LogP contribution in [-0.2, 0) is 4.79 Å². The van der Waals surface area contributed by atoms with Crippen LogP contribution in [0.2, 0.25) is 0 Å². The minimum absolute atomic E-state index is 0.170. The molecule has 17 heavy (non-hydrogen) atoms. The Hall–Kier alpha value is -0.610. The van der Waals surface area contributed by atoms with Gasteiger partial charge in [0.25, 0.3) is 0 Å². The molecule has 4 heteroatoms. The zero-order valence-electron chi connectivity index (χ0n) is 10.8. The van der Waals surface area contributed by atoms with Crippen molar-refractivity contribution in [3.8, 4) is 0 Å². The molecule has 2 fully saturated rings. The number of likely N-dealkylation sites (N-methyl/N-ethyl adjacent to an activating group) is 1. The fraction of sp³-hybridized carbons (Fsp3) is 0.923. The minimum atomic E-state index is -0.717. The topological polar surface area (TPSA) is 43.8 Å². The van der Waals surface area contributed by atoms with Gasteiger partial charge in [0.15, 0.2) is 0 Å². The maximum absolute atomic E-state index is 10.7. The van der Waals surface area contributed by atoms with Crippen LogP contribution in [0.5, 0.6) is 0 Å². The van der Waals surface area contributed by atoms with Gasteiger partial charge in [0.2, 0.25) is 0 Å². The highest BCUT2D eigenvalue weighted by molar-refractivity contribution is 5.69. The maximum Gasteiger partial charge on any atom is 0.317 e. The van der Waals surface area contributed by atoms with E-state index in [9.17, 15) is 4.79 Å². The highest BCUT2D eigenvalue weighted by Crippen LogP contribution is 2.27. The van der Waals surface area contributed by atoms with Gasteiger partial charge in [-0.15, -0.1) is 0 Å². The van der Waals surface area contributed by atoms with Gasteiger partial charge in [-0.25, -0.2) is 0 Å². The molecule has 1 saturated carbocycles. The zero-order chi connectivity index (χ0) is 12.3. The van der Waals surface area contributed by atoms with E-state index in [-0.39, 0.29) is 6.54 Å². The van der Waals surface area contributed by atoms with Crippen molar-refractivity contribution in [3.05, 3.63) is 0 Å². The van der Waals surface area contributed by atoms with Crippen LogP contribution in [0.3, 0.4) is 0 Å². The molecule has 1 unspecified atom stereocenters. The summed E-state index contributed by atoms with van der Waals surface area (Å²) in [6.45, 7) is 2.44. The number of hydrogen-bond acceptors (Lipinski definition) is 3. The first-order valence-corrected chi connectivity index (χ1v) is 6.83. The number of piperidine rings is 1. The number of carbonyl (C=O) groups is 1. The van der Waals surface area contributed by atoms with E-state index in [1.807, 2.05) is 11.9 Å². The van der Waals surface area contributed by atoms with E-state index in [0.29, 0.717) is 6.04 Å². The summed E-state index contributed by atoms with van der Waals surface area (Å²) in [6.07, 6.45) is 7.79. The Balaban J connectivity index is 1.85. The van der Waals surface area contributed by atoms with Crippen molar-refractivity contribution in [2.45, 2.75) is 50.6 Å². The lowest BCUT2D eigenvalue weighted by molar-refractivity contribution is -0.138. The predicted molar refractivity (Wildman–Crippen MR) is 67.1 cm³/mol. The second-order valence-electron chi connectivity index (χ2n) is 5.54. The molecule has 0 amide bonds. The highest BCUT2D eigenvalue weighted by atomic mass is 16.4. The van der Waals surface area contributed by atoms with Crippen molar-refractivity contribution in [3.63, 3.8) is 0 Å². The quantitative estimate of drug-likeness (QED) is 0.807. The number of rotatable bonds is 4. The third-order valence-electron chi connectivity index (χ3n) is 4.28. The largest absolute Gasteiger partial charge is 0.480 e. The predicted octanol–water partition coefficient (Wildman–Crippen LogP) is 1.41. The molecular weight excluding hydrogens is 216 g/mol. The van der Waals surface area contributed by atoms with Crippen LogP contribution >= 0.6 is 0 Å². The summed E-state index contributed by atoms with van der Waals surface area (Å²) in [5.41, 5.74) is 0. The van der Waals surface area contributed by atoms with Crippen LogP contribution in [0.25, 0.3) is 0 Å². The maximum atomic E-state index is 10.7. The average molecular weight is 240 g/mol. The summed E-state index contributed by atoms with van der Waals surface area (Å²) in [6, 6.07) is 1.21. The molecule has 2 aliphatic rings. The first-order chi connectivity index (χ1) is 8.16. The fourth-order valence-electron chi connectivity index (χ4n) is 3.29. The molecule has 0 aromatic heterocycles. The monoisotopic (exact) mass is 240 g/mol. The zero-order valence-corrected chi connectivity index (χ0v) is 10.8. The van der Waals surface area contributed by atoms with Gasteiger partial charge in [0.05, 0.1) is 6.54 Å². The molecule has 0 aromatic carbocycles. The van der Waals surface area contributed by atoms with E-state index in [2.05, 4.69) is 4.90 Å². The molecule has 1 saturated heterocycles. The highest BCUT2D eigenvalue weighted by Gasteiger charge is 2.29. The van der Waals surface area contributed by atoms with Gasteiger partial charge in [-0.1, -0.05) is 12.8 Å². The fourth-order valence-corrected chi connectivity index (χ4v) is 3.29. The number of likely N-dealkylation sites (tertiary alicyclic amines) is 1. The van der Waals surface area contributed by atoms with E-state index in [4.69, 9.17) is 5.11 Å². The molecule has 0 radical (unpaired) electrons. The second-order valence-corrected chi connectivity index (χ2v) is 5.54. The third kappa shape index (κ3) is 3.42. The smallest absolute Gasteiger partial charge is 0.317 e. The summed E-state index contributed by atoms with van der Waals surface area (Å²) in [5, 5.41) is 8.84. The molecule has 1 aliphatic heterocycles. The van der Waals surface area contributed by atoms with E-state index in [1.54, 1.807) is 0 Å². The van der Waals surface area contributed by atoms with Crippen LogP contribution in [0.1, 0.15) is 38.5 Å². The molecule has 4 nitrogen and oxygen atoms in total. The van der Waals surface area contributed by atoms with Crippen molar-refractivity contribution >= 4 is 5.97 Å². The first-order valence-electron chi connectivity index (χ1n) is 6.83. The van der Waals surface area contributed by atoms with Gasteiger partial charge in [-0.2, -0.15) is 0 Å². The molecule has 0 aromatic rings. The van der Waals surface area contributed by atoms with Crippen molar-refractivity contribution in [2.75, 3.05) is 26.7 Å². The Kier molecular flexibility index (Phi) is 4.40. The number of aliphatic carboxylic acids is 1. The number of carboxylic acid groups (broad SMARTS) is 1. The van der Waals surface area contributed by atoms with Crippen LogP contribution in [0.4, 0.5) is 0 Å². The normalized spacial score (nSPS) is 27.8. The number of carboxylic acids is 1. The lowest BCUT2D eigenvalue weighted by Crippen LogP contribution is -2.50. The summed E-state index contributed by atoms with van der Waals surface area (Å²) in [5.74, 6) is -0.717. The summed E-state index contributed by atoms with van der Waals surface area (Å²) >= 11 is 0. The van der Waals surface area contributed by atoms with Crippen LogP contribution in [0, 0.1) is 0 Å². The first kappa shape index (κ1) is 12.8. The standard InChI is InChI=1S/C13H24N2O2/c1-14(10-13(16)17)12-7-4-8-15(9-12)11-5-2-3-6-11/h11-12H,2-10H2,1H3,(H,16,17). The average Bonchev–Trinajstić information content (AvgIpc) is 2.82. The van der Waals surface area contributed by atoms with Gasteiger partial charge in [0.1, 0.15) is 0 Å². The molecule has 0 bridgehead atoms. The molecule has 1 N–H and O–H groups in total. The van der Waals surface area contributed by atoms with Gasteiger partial charge in [0, 0.05) is 18.6 Å². The minimum Gasteiger partial charge on any atom is -0.480 e. The Morgan fingerprint density at radius 3 is 2.65 bits per heavy atom. The molecule has 98 valence electrons. The SMILES string of the molecule is CN(CC(=O)O)C1CCCN(C2CCCC2)C1. The molecule has 0 spiro atoms. The Labute approximate surface area is 104 Å². The molecule has 1 aliphatic carbocycles. The Morgan fingerprint density at radius 1 is 1.29 bits per heavy atom. The molecule has 2 rings (SSSR count). The lowest BCUT2D eigenvalue weighted by Gasteiger charge is -2.40. The van der Waals surface area contributed by atoms with Gasteiger partial charge < -0.3 is 5.11 Å². The van der Waals surface area contributed by atoms with Crippen LogP contribution in [-0.4, -0.2) is 59.6 Å². The van der Waals surface area contributed by atoms with Crippen LogP contribution in [0.15, 0.2) is 0 Å². The van der Waals surface area contributed by atoms with E-state index < -0.39 is 5.97 Å². The van der Waals surface area contributed by atoms with Gasteiger partial charge in [-0.05, 0) is 39.3 Å². The molecular formula is C13H24N2O2. The van der Waals surface area contributed by atoms with Crippen LogP contribution < -0.4 is 0 Å². The van der Waals surface area contributed by atoms with E-state index >= 15 is 0 Å². The summed E-state index contributed by atoms with van der Waals surface area (Å²) in [7, 11) is 1.94. The third-order valence-corrected chi connectivity index (χ3v) is 4.28. The second kappa shape index (κ2) is 5.83. The summed E-state index contributed by atoms with van der Waals surface area (Å²) < 4.78 is 0. The van der Waals surface area contributed by atoms with Crippen molar-refractivity contribution in [1.82, 2.24) is 9.80 Å². The van der Waals surface area contributed by atoms with E-state index in [1.165, 1.54) is 38.6 Å².